The number of carbonyl (C=O) groups excluding carboxylic acids is 1. The zero-order chi connectivity index (χ0) is 14.4. The fourth-order valence-electron chi connectivity index (χ4n) is 2.05. The summed E-state index contributed by atoms with van der Waals surface area (Å²) >= 11 is 6.93. The second-order valence-corrected chi connectivity index (χ2v) is 6.38. The summed E-state index contributed by atoms with van der Waals surface area (Å²) in [5, 5.41) is 3.30. The van der Waals surface area contributed by atoms with E-state index in [0.29, 0.717) is 26.2 Å². The summed E-state index contributed by atoms with van der Waals surface area (Å²) < 4.78 is 7.32. The molecular formula is C14H18Br2N2O2. The summed E-state index contributed by atoms with van der Waals surface area (Å²) in [6.45, 7) is 4.22. The minimum absolute atomic E-state index is 0.206. The first-order chi connectivity index (χ1) is 9.66. The molecule has 1 aliphatic rings. The van der Waals surface area contributed by atoms with Crippen LogP contribution in [-0.4, -0.2) is 43.7 Å². The van der Waals surface area contributed by atoms with Crippen molar-refractivity contribution >= 4 is 37.8 Å². The Morgan fingerprint density at radius 1 is 1.25 bits per heavy atom. The van der Waals surface area contributed by atoms with E-state index >= 15 is 0 Å². The van der Waals surface area contributed by atoms with Gasteiger partial charge in [0.1, 0.15) is 0 Å². The molecule has 6 heteroatoms. The molecule has 1 aromatic rings. The van der Waals surface area contributed by atoms with Crippen molar-refractivity contribution in [1.29, 1.82) is 0 Å². The number of ether oxygens (including phenoxy) is 1. The van der Waals surface area contributed by atoms with Gasteiger partial charge in [-0.2, -0.15) is 0 Å². The maximum atomic E-state index is 11.9. The van der Waals surface area contributed by atoms with Crippen molar-refractivity contribution in [1.82, 2.24) is 10.2 Å². The highest BCUT2D eigenvalue weighted by molar-refractivity contribution is 9.13. The number of amides is 1. The highest BCUT2D eigenvalue weighted by Crippen LogP contribution is 2.23. The van der Waals surface area contributed by atoms with Gasteiger partial charge in [0, 0.05) is 41.5 Å². The number of nitrogens with one attached hydrogen (secondary N) is 1. The lowest BCUT2D eigenvalue weighted by Gasteiger charge is -2.26. The summed E-state index contributed by atoms with van der Waals surface area (Å²) in [5.41, 5.74) is 1.19. The third-order valence-electron chi connectivity index (χ3n) is 3.19. The predicted molar refractivity (Wildman–Crippen MR) is 85.6 cm³/mol. The Labute approximate surface area is 136 Å². The average molecular weight is 406 g/mol. The maximum Gasteiger partial charge on any atom is 0.224 e. The minimum atomic E-state index is 0.206. The number of morpholine rings is 1. The number of rotatable bonds is 5. The monoisotopic (exact) mass is 404 g/mol. The molecule has 0 bridgehead atoms. The fourth-order valence-corrected chi connectivity index (χ4v) is 2.72. The zero-order valence-electron chi connectivity index (χ0n) is 11.2. The molecule has 1 amide bonds. The molecule has 110 valence electrons. The van der Waals surface area contributed by atoms with Crippen LogP contribution in [0.2, 0.25) is 0 Å². The van der Waals surface area contributed by atoms with E-state index in [2.05, 4.69) is 49.3 Å². The van der Waals surface area contributed by atoms with Crippen LogP contribution in [0.15, 0.2) is 27.1 Å². The third-order valence-corrected chi connectivity index (χ3v) is 5.07. The van der Waals surface area contributed by atoms with Gasteiger partial charge in [-0.25, -0.2) is 0 Å². The summed E-state index contributed by atoms with van der Waals surface area (Å²) in [4.78, 5) is 13.8. The van der Waals surface area contributed by atoms with Crippen LogP contribution in [0.25, 0.3) is 0 Å². The Hall–Kier alpha value is -0.430. The quantitative estimate of drug-likeness (QED) is 0.765. The molecule has 0 saturated carbocycles. The zero-order valence-corrected chi connectivity index (χ0v) is 14.4. The predicted octanol–water partition coefficient (Wildman–Crippen LogP) is 2.55. The minimum Gasteiger partial charge on any atom is -0.378 e. The summed E-state index contributed by atoms with van der Waals surface area (Å²) in [7, 11) is 0. The SMILES string of the molecule is O=C(CCNCc1ccc(Br)c(Br)c1)N1CCOCC1. The molecule has 1 fully saturated rings. The fraction of sp³-hybridized carbons (Fsp3) is 0.500. The average Bonchev–Trinajstić information content (AvgIpc) is 2.48. The topological polar surface area (TPSA) is 41.6 Å². The Morgan fingerprint density at radius 2 is 2.00 bits per heavy atom. The number of hydrogen-bond acceptors (Lipinski definition) is 3. The standard InChI is InChI=1S/C14H18Br2N2O2/c15-12-2-1-11(9-13(12)16)10-17-4-3-14(19)18-5-7-20-8-6-18/h1-2,9,17H,3-8,10H2. The number of carbonyl (C=O) groups is 1. The van der Waals surface area contributed by atoms with E-state index in [4.69, 9.17) is 4.74 Å². The number of hydrogen-bond donors (Lipinski definition) is 1. The largest absolute Gasteiger partial charge is 0.378 e. The normalized spacial score (nSPS) is 15.4. The molecule has 1 N–H and O–H groups in total. The van der Waals surface area contributed by atoms with Crippen LogP contribution in [0.1, 0.15) is 12.0 Å². The van der Waals surface area contributed by atoms with Crippen molar-refractivity contribution in [2.45, 2.75) is 13.0 Å². The first kappa shape index (κ1) is 15.9. The van der Waals surface area contributed by atoms with Crippen LogP contribution in [0.3, 0.4) is 0 Å². The molecule has 20 heavy (non-hydrogen) atoms. The lowest BCUT2D eigenvalue weighted by atomic mass is 10.2. The summed E-state index contributed by atoms with van der Waals surface area (Å²) in [6.07, 6.45) is 0.539. The van der Waals surface area contributed by atoms with E-state index in [-0.39, 0.29) is 5.91 Å². The smallest absolute Gasteiger partial charge is 0.224 e. The van der Waals surface area contributed by atoms with E-state index < -0.39 is 0 Å². The Balaban J connectivity index is 1.68. The second-order valence-electron chi connectivity index (χ2n) is 4.67. The molecule has 0 spiro atoms. The van der Waals surface area contributed by atoms with Crippen molar-refractivity contribution < 1.29 is 9.53 Å². The molecule has 0 aliphatic carbocycles. The first-order valence-electron chi connectivity index (χ1n) is 6.67. The molecule has 2 rings (SSSR count). The van der Waals surface area contributed by atoms with Crippen LogP contribution in [-0.2, 0) is 16.1 Å². The van der Waals surface area contributed by atoms with Crippen LogP contribution in [0.4, 0.5) is 0 Å². The lowest BCUT2D eigenvalue weighted by molar-refractivity contribution is -0.135. The van der Waals surface area contributed by atoms with Gasteiger partial charge in [0.25, 0.3) is 0 Å². The number of nitrogens with zero attached hydrogens (tertiary/aromatic N) is 1. The van der Waals surface area contributed by atoms with Crippen LogP contribution >= 0.6 is 31.9 Å². The highest BCUT2D eigenvalue weighted by Gasteiger charge is 2.15. The van der Waals surface area contributed by atoms with Gasteiger partial charge in [0.05, 0.1) is 13.2 Å². The van der Waals surface area contributed by atoms with Crippen molar-refractivity contribution in [3.63, 3.8) is 0 Å². The summed E-state index contributed by atoms with van der Waals surface area (Å²) in [5.74, 6) is 0.206. The summed E-state index contributed by atoms with van der Waals surface area (Å²) in [6, 6.07) is 6.15. The van der Waals surface area contributed by atoms with E-state index in [1.54, 1.807) is 0 Å². The molecule has 0 aromatic heterocycles. The molecule has 1 aromatic carbocycles. The van der Waals surface area contributed by atoms with Gasteiger partial charge < -0.3 is 15.0 Å². The lowest BCUT2D eigenvalue weighted by Crippen LogP contribution is -2.41. The van der Waals surface area contributed by atoms with Gasteiger partial charge in [-0.3, -0.25) is 4.79 Å². The molecule has 0 unspecified atom stereocenters. The van der Waals surface area contributed by atoms with Crippen LogP contribution in [0, 0.1) is 0 Å². The van der Waals surface area contributed by atoms with E-state index in [0.717, 1.165) is 28.6 Å². The molecular weight excluding hydrogens is 388 g/mol. The molecule has 1 saturated heterocycles. The van der Waals surface area contributed by atoms with Gasteiger partial charge in [-0.15, -0.1) is 0 Å². The highest BCUT2D eigenvalue weighted by atomic mass is 79.9. The Morgan fingerprint density at radius 3 is 2.70 bits per heavy atom. The van der Waals surface area contributed by atoms with Gasteiger partial charge in [0.2, 0.25) is 5.91 Å². The van der Waals surface area contributed by atoms with Crippen molar-refractivity contribution in [3.05, 3.63) is 32.7 Å². The Bertz CT molecular complexity index is 462. The molecule has 1 aliphatic heterocycles. The molecule has 4 nitrogen and oxygen atoms in total. The van der Waals surface area contributed by atoms with Crippen molar-refractivity contribution in [2.24, 2.45) is 0 Å². The number of halogens is 2. The van der Waals surface area contributed by atoms with E-state index in [1.807, 2.05) is 11.0 Å². The maximum absolute atomic E-state index is 11.9. The van der Waals surface area contributed by atoms with Gasteiger partial charge in [0.15, 0.2) is 0 Å². The molecule has 1 heterocycles. The third kappa shape index (κ3) is 4.84. The van der Waals surface area contributed by atoms with Gasteiger partial charge >= 0.3 is 0 Å². The van der Waals surface area contributed by atoms with Crippen molar-refractivity contribution in [3.8, 4) is 0 Å². The number of benzene rings is 1. The van der Waals surface area contributed by atoms with Gasteiger partial charge in [-0.05, 0) is 49.6 Å². The van der Waals surface area contributed by atoms with E-state index in [1.165, 1.54) is 5.56 Å². The van der Waals surface area contributed by atoms with Crippen molar-refractivity contribution in [2.75, 3.05) is 32.8 Å². The second kappa shape index (κ2) is 8.12. The van der Waals surface area contributed by atoms with Gasteiger partial charge in [-0.1, -0.05) is 6.07 Å². The van der Waals surface area contributed by atoms with Crippen LogP contribution < -0.4 is 5.32 Å². The molecule has 0 radical (unpaired) electrons. The molecule has 0 atom stereocenters. The first-order valence-corrected chi connectivity index (χ1v) is 8.25. The Kier molecular flexibility index (Phi) is 6.48. The van der Waals surface area contributed by atoms with E-state index in [9.17, 15) is 4.79 Å². The van der Waals surface area contributed by atoms with Crippen LogP contribution in [0.5, 0.6) is 0 Å².